The van der Waals surface area contributed by atoms with Crippen molar-refractivity contribution in [2.45, 2.75) is 32.4 Å². The van der Waals surface area contributed by atoms with Gasteiger partial charge >= 0.3 is 0 Å². The van der Waals surface area contributed by atoms with Crippen molar-refractivity contribution in [3.63, 3.8) is 0 Å². The molecule has 1 aliphatic heterocycles. The minimum absolute atomic E-state index is 0.0859. The molecular weight excluding hydrogens is 264 g/mol. The van der Waals surface area contributed by atoms with Gasteiger partial charge < -0.3 is 10.2 Å². The van der Waals surface area contributed by atoms with Crippen LogP contribution < -0.4 is 5.32 Å². The van der Waals surface area contributed by atoms with E-state index >= 15 is 0 Å². The second-order valence-corrected chi connectivity index (χ2v) is 5.21. The Labute approximate surface area is 117 Å². The molecule has 2 amide bonds. The zero-order valence-corrected chi connectivity index (χ0v) is 11.6. The SMILES string of the molecule is Cc1cc(CNC(=O)[C@@H]2CCCN2C=O)ccc1Cl. The Balaban J connectivity index is 1.92. The Kier molecular flexibility index (Phi) is 4.43. The number of nitrogens with zero attached hydrogens (tertiary/aromatic N) is 1. The van der Waals surface area contributed by atoms with E-state index in [4.69, 9.17) is 11.6 Å². The summed E-state index contributed by atoms with van der Waals surface area (Å²) >= 11 is 5.95. The first-order chi connectivity index (χ1) is 9.11. The van der Waals surface area contributed by atoms with E-state index < -0.39 is 0 Å². The van der Waals surface area contributed by atoms with Gasteiger partial charge in [0.05, 0.1) is 0 Å². The van der Waals surface area contributed by atoms with Crippen LogP contribution in [0.25, 0.3) is 0 Å². The minimum atomic E-state index is -0.314. The smallest absolute Gasteiger partial charge is 0.243 e. The van der Waals surface area contributed by atoms with Crippen LogP contribution in [0.4, 0.5) is 0 Å². The molecule has 19 heavy (non-hydrogen) atoms. The highest BCUT2D eigenvalue weighted by Crippen LogP contribution is 2.17. The van der Waals surface area contributed by atoms with Crippen molar-refractivity contribution in [2.24, 2.45) is 0 Å². The number of carbonyl (C=O) groups excluding carboxylic acids is 2. The fourth-order valence-corrected chi connectivity index (χ4v) is 2.44. The molecule has 1 saturated heterocycles. The first kappa shape index (κ1) is 13.9. The third-order valence-corrected chi connectivity index (χ3v) is 3.85. The summed E-state index contributed by atoms with van der Waals surface area (Å²) in [6.07, 6.45) is 2.38. The number of aryl methyl sites for hydroxylation is 1. The fraction of sp³-hybridized carbons (Fsp3) is 0.429. The molecule has 0 saturated carbocycles. The molecule has 2 rings (SSSR count). The van der Waals surface area contributed by atoms with Gasteiger partial charge in [-0.1, -0.05) is 23.7 Å². The van der Waals surface area contributed by atoms with Gasteiger partial charge in [-0.15, -0.1) is 0 Å². The van der Waals surface area contributed by atoms with Crippen molar-refractivity contribution >= 4 is 23.9 Å². The summed E-state index contributed by atoms with van der Waals surface area (Å²) in [4.78, 5) is 24.4. The molecule has 0 aliphatic carbocycles. The lowest BCUT2D eigenvalue weighted by Crippen LogP contribution is -2.42. The number of hydrogen-bond acceptors (Lipinski definition) is 2. The largest absolute Gasteiger partial charge is 0.350 e. The molecule has 0 bridgehead atoms. The van der Waals surface area contributed by atoms with Crippen LogP contribution in [0, 0.1) is 6.92 Å². The molecule has 1 fully saturated rings. The predicted molar refractivity (Wildman–Crippen MR) is 73.8 cm³/mol. The van der Waals surface area contributed by atoms with Crippen LogP contribution >= 0.6 is 11.6 Å². The van der Waals surface area contributed by atoms with Crippen molar-refractivity contribution in [1.82, 2.24) is 10.2 Å². The molecule has 1 aliphatic rings. The van der Waals surface area contributed by atoms with Crippen molar-refractivity contribution in [3.8, 4) is 0 Å². The first-order valence-electron chi connectivity index (χ1n) is 6.35. The maximum absolute atomic E-state index is 12.0. The standard InChI is InChI=1S/C14H17ClN2O2/c1-10-7-11(4-5-12(10)15)8-16-14(19)13-3-2-6-17(13)9-18/h4-5,7,9,13H,2-3,6,8H2,1H3,(H,16,19)/t13-/m0/s1. The van der Waals surface area contributed by atoms with Gasteiger partial charge in [-0.05, 0) is 37.0 Å². The van der Waals surface area contributed by atoms with Crippen LogP contribution in [0.3, 0.4) is 0 Å². The average Bonchev–Trinajstić information content (AvgIpc) is 2.88. The lowest BCUT2D eigenvalue weighted by atomic mass is 10.1. The van der Waals surface area contributed by atoms with E-state index in [1.54, 1.807) is 4.90 Å². The summed E-state index contributed by atoms with van der Waals surface area (Å²) in [6.45, 7) is 3.06. The second kappa shape index (κ2) is 6.06. The van der Waals surface area contributed by atoms with Crippen LogP contribution in [-0.4, -0.2) is 29.8 Å². The number of halogens is 1. The number of hydrogen-bond donors (Lipinski definition) is 1. The fourth-order valence-electron chi connectivity index (χ4n) is 2.32. The summed E-state index contributed by atoms with van der Waals surface area (Å²) in [7, 11) is 0. The third-order valence-electron chi connectivity index (χ3n) is 3.42. The molecule has 1 aromatic carbocycles. The number of amides is 2. The lowest BCUT2D eigenvalue weighted by Gasteiger charge is -2.19. The van der Waals surface area contributed by atoms with Crippen molar-refractivity contribution in [1.29, 1.82) is 0 Å². The van der Waals surface area contributed by atoms with Gasteiger partial charge in [0.25, 0.3) is 0 Å². The van der Waals surface area contributed by atoms with Crippen LogP contribution in [0.15, 0.2) is 18.2 Å². The number of likely N-dealkylation sites (tertiary alicyclic amines) is 1. The summed E-state index contributed by atoms with van der Waals surface area (Å²) in [5.41, 5.74) is 2.00. The Morgan fingerprint density at radius 2 is 2.37 bits per heavy atom. The zero-order valence-electron chi connectivity index (χ0n) is 10.9. The third kappa shape index (κ3) is 3.26. The molecule has 0 radical (unpaired) electrons. The summed E-state index contributed by atoms with van der Waals surface area (Å²) in [6, 6.07) is 5.35. The van der Waals surface area contributed by atoms with Crippen LogP contribution in [0.5, 0.6) is 0 Å². The molecule has 0 unspecified atom stereocenters. The second-order valence-electron chi connectivity index (χ2n) is 4.80. The van der Waals surface area contributed by atoms with Gasteiger partial charge in [0.2, 0.25) is 12.3 Å². The van der Waals surface area contributed by atoms with E-state index in [1.165, 1.54) is 0 Å². The lowest BCUT2D eigenvalue weighted by molar-refractivity contribution is -0.131. The highest BCUT2D eigenvalue weighted by Gasteiger charge is 2.29. The Morgan fingerprint density at radius 3 is 3.05 bits per heavy atom. The van der Waals surface area contributed by atoms with E-state index in [2.05, 4.69) is 5.32 Å². The topological polar surface area (TPSA) is 49.4 Å². The number of nitrogens with one attached hydrogen (secondary N) is 1. The molecule has 102 valence electrons. The number of benzene rings is 1. The number of carbonyl (C=O) groups is 2. The minimum Gasteiger partial charge on any atom is -0.350 e. The van der Waals surface area contributed by atoms with Crippen molar-refractivity contribution in [2.75, 3.05) is 6.54 Å². The predicted octanol–water partition coefficient (Wildman–Crippen LogP) is 1.89. The van der Waals surface area contributed by atoms with Crippen LogP contribution in [-0.2, 0) is 16.1 Å². The van der Waals surface area contributed by atoms with Gasteiger partial charge in [-0.25, -0.2) is 0 Å². The first-order valence-corrected chi connectivity index (χ1v) is 6.73. The van der Waals surface area contributed by atoms with Gasteiger partial charge in [-0.3, -0.25) is 9.59 Å². The maximum Gasteiger partial charge on any atom is 0.243 e. The van der Waals surface area contributed by atoms with Crippen LogP contribution in [0.1, 0.15) is 24.0 Å². The monoisotopic (exact) mass is 280 g/mol. The zero-order chi connectivity index (χ0) is 13.8. The van der Waals surface area contributed by atoms with Crippen molar-refractivity contribution < 1.29 is 9.59 Å². The summed E-state index contributed by atoms with van der Waals surface area (Å²) < 4.78 is 0. The van der Waals surface area contributed by atoms with Gasteiger partial charge in [-0.2, -0.15) is 0 Å². The molecule has 0 spiro atoms. The molecule has 1 aromatic rings. The molecule has 1 atom stereocenters. The molecule has 1 N–H and O–H groups in total. The van der Waals surface area contributed by atoms with Crippen molar-refractivity contribution in [3.05, 3.63) is 34.3 Å². The van der Waals surface area contributed by atoms with Gasteiger partial charge in [0.1, 0.15) is 6.04 Å². The molecular formula is C14H17ClN2O2. The van der Waals surface area contributed by atoms with E-state index in [9.17, 15) is 9.59 Å². The Bertz CT molecular complexity index is 490. The van der Waals surface area contributed by atoms with E-state index in [0.29, 0.717) is 13.1 Å². The van der Waals surface area contributed by atoms with Gasteiger partial charge in [0.15, 0.2) is 0 Å². The van der Waals surface area contributed by atoms with E-state index in [-0.39, 0.29) is 11.9 Å². The normalized spacial score (nSPS) is 18.4. The summed E-state index contributed by atoms with van der Waals surface area (Å²) in [5, 5.41) is 3.59. The molecule has 5 heteroatoms. The van der Waals surface area contributed by atoms with E-state index in [1.807, 2.05) is 25.1 Å². The highest BCUT2D eigenvalue weighted by atomic mass is 35.5. The Morgan fingerprint density at radius 1 is 1.58 bits per heavy atom. The average molecular weight is 281 g/mol. The van der Waals surface area contributed by atoms with Gasteiger partial charge in [0, 0.05) is 18.1 Å². The van der Waals surface area contributed by atoms with Crippen LogP contribution in [0.2, 0.25) is 5.02 Å². The summed E-state index contributed by atoms with van der Waals surface area (Å²) in [5.74, 6) is -0.0859. The van der Waals surface area contributed by atoms with E-state index in [0.717, 1.165) is 35.4 Å². The molecule has 0 aromatic heterocycles. The Hall–Kier alpha value is -1.55. The number of rotatable bonds is 4. The maximum atomic E-state index is 12.0. The molecule has 4 nitrogen and oxygen atoms in total. The highest BCUT2D eigenvalue weighted by molar-refractivity contribution is 6.31. The molecule has 1 heterocycles. The quantitative estimate of drug-likeness (QED) is 0.856.